The summed E-state index contributed by atoms with van der Waals surface area (Å²) in [6, 6.07) is 7.15. The Labute approximate surface area is 114 Å². The molecule has 1 N–H and O–H groups in total. The van der Waals surface area contributed by atoms with Crippen molar-refractivity contribution in [2.75, 3.05) is 6.54 Å². The van der Waals surface area contributed by atoms with Crippen molar-refractivity contribution in [1.29, 1.82) is 0 Å². The highest BCUT2D eigenvalue weighted by molar-refractivity contribution is 5.30. The number of rotatable bonds is 8. The van der Waals surface area contributed by atoms with Gasteiger partial charge in [-0.05, 0) is 43.0 Å². The summed E-state index contributed by atoms with van der Waals surface area (Å²) in [6.45, 7) is 4.48. The van der Waals surface area contributed by atoms with Gasteiger partial charge >= 0.3 is 6.61 Å². The Hall–Kier alpha value is -1.16. The third-order valence-corrected chi connectivity index (χ3v) is 2.97. The zero-order valence-electron chi connectivity index (χ0n) is 11.8. The monoisotopic (exact) mass is 271 g/mol. The Balaban J connectivity index is 2.76. The van der Waals surface area contributed by atoms with Gasteiger partial charge in [-0.2, -0.15) is 8.78 Å². The smallest absolute Gasteiger partial charge is 0.387 e. The second-order valence-electron chi connectivity index (χ2n) is 5.03. The van der Waals surface area contributed by atoms with Gasteiger partial charge in [-0.15, -0.1) is 0 Å². The van der Waals surface area contributed by atoms with Gasteiger partial charge in [-0.1, -0.05) is 32.9 Å². The fourth-order valence-electron chi connectivity index (χ4n) is 2.04. The zero-order chi connectivity index (χ0) is 14.3. The molecule has 0 heterocycles. The molecule has 0 aliphatic carbocycles. The second-order valence-corrected chi connectivity index (χ2v) is 5.03. The van der Waals surface area contributed by atoms with Crippen molar-refractivity contribution in [3.63, 3.8) is 0 Å². The molecule has 0 amide bonds. The van der Waals surface area contributed by atoms with Crippen molar-refractivity contribution in [2.45, 2.75) is 46.3 Å². The lowest BCUT2D eigenvalue weighted by Crippen LogP contribution is -2.21. The van der Waals surface area contributed by atoms with Gasteiger partial charge in [0.25, 0.3) is 0 Å². The Bertz CT molecular complexity index is 369. The van der Waals surface area contributed by atoms with Gasteiger partial charge in [0.1, 0.15) is 5.75 Å². The summed E-state index contributed by atoms with van der Waals surface area (Å²) in [6.07, 6.45) is 2.08. The van der Waals surface area contributed by atoms with Gasteiger partial charge in [0.15, 0.2) is 0 Å². The summed E-state index contributed by atoms with van der Waals surface area (Å²) < 4.78 is 28.9. The van der Waals surface area contributed by atoms with Gasteiger partial charge in [0.2, 0.25) is 0 Å². The number of alkyl halides is 2. The minimum Gasteiger partial charge on any atom is -0.435 e. The number of nitrogens with one attached hydrogen (secondary N) is 1. The first kappa shape index (κ1) is 15.9. The molecule has 0 saturated carbocycles. The van der Waals surface area contributed by atoms with E-state index in [1.807, 2.05) is 13.0 Å². The fourth-order valence-corrected chi connectivity index (χ4v) is 2.04. The van der Waals surface area contributed by atoms with Crippen LogP contribution in [0.1, 0.15) is 45.2 Å². The van der Waals surface area contributed by atoms with Gasteiger partial charge < -0.3 is 10.1 Å². The van der Waals surface area contributed by atoms with Crippen molar-refractivity contribution >= 4 is 0 Å². The summed E-state index contributed by atoms with van der Waals surface area (Å²) in [7, 11) is 0. The molecule has 0 fully saturated rings. The maximum absolute atomic E-state index is 12.2. The van der Waals surface area contributed by atoms with Crippen LogP contribution in [0.15, 0.2) is 24.3 Å². The first-order chi connectivity index (χ1) is 9.02. The molecule has 0 saturated heterocycles. The summed E-state index contributed by atoms with van der Waals surface area (Å²) in [5.41, 5.74) is 1.00. The molecule has 1 rings (SSSR count). The van der Waals surface area contributed by atoms with Crippen LogP contribution in [0, 0.1) is 5.92 Å². The quantitative estimate of drug-likeness (QED) is 0.758. The third kappa shape index (κ3) is 6.01. The average molecular weight is 271 g/mol. The summed E-state index contributed by atoms with van der Waals surface area (Å²) in [5, 5.41) is 3.39. The molecule has 0 bridgehead atoms. The Morgan fingerprint density at radius 3 is 2.53 bits per heavy atom. The molecule has 0 aliphatic rings. The Morgan fingerprint density at radius 2 is 1.95 bits per heavy atom. The molecule has 2 nitrogen and oxygen atoms in total. The molecule has 4 heteroatoms. The lowest BCUT2D eigenvalue weighted by Gasteiger charge is -2.20. The molecule has 108 valence electrons. The van der Waals surface area contributed by atoms with Crippen LogP contribution in [0.3, 0.4) is 0 Å². The highest BCUT2D eigenvalue weighted by Crippen LogP contribution is 2.25. The highest BCUT2D eigenvalue weighted by atomic mass is 19.3. The second kappa shape index (κ2) is 8.10. The van der Waals surface area contributed by atoms with Gasteiger partial charge in [-0.25, -0.2) is 0 Å². The van der Waals surface area contributed by atoms with Crippen LogP contribution >= 0.6 is 0 Å². The van der Waals surface area contributed by atoms with Crippen LogP contribution < -0.4 is 10.1 Å². The molecule has 0 radical (unpaired) electrons. The predicted molar refractivity (Wildman–Crippen MR) is 73.6 cm³/mol. The maximum Gasteiger partial charge on any atom is 0.387 e. The van der Waals surface area contributed by atoms with Crippen molar-refractivity contribution in [2.24, 2.45) is 5.92 Å². The SMILES string of the molecule is CCNC(CCC(C)C)c1cccc(OC(F)F)c1. The minimum absolute atomic E-state index is 0.189. The molecular formula is C15H23F2NO. The Morgan fingerprint density at radius 1 is 1.21 bits per heavy atom. The van der Waals surface area contributed by atoms with Crippen molar-refractivity contribution in [3.8, 4) is 5.75 Å². The molecule has 0 spiro atoms. The van der Waals surface area contributed by atoms with E-state index in [-0.39, 0.29) is 11.8 Å². The van der Waals surface area contributed by atoms with Crippen molar-refractivity contribution in [3.05, 3.63) is 29.8 Å². The van der Waals surface area contributed by atoms with Crippen LogP contribution in [-0.2, 0) is 0 Å². The normalized spacial score (nSPS) is 13.0. The first-order valence-electron chi connectivity index (χ1n) is 6.81. The first-order valence-corrected chi connectivity index (χ1v) is 6.81. The molecule has 0 aromatic heterocycles. The van der Waals surface area contributed by atoms with E-state index in [2.05, 4.69) is 23.9 Å². The van der Waals surface area contributed by atoms with E-state index in [1.54, 1.807) is 18.2 Å². The van der Waals surface area contributed by atoms with Crippen LogP contribution in [-0.4, -0.2) is 13.2 Å². The Kier molecular flexibility index (Phi) is 6.78. The number of halogens is 2. The summed E-state index contributed by atoms with van der Waals surface area (Å²) >= 11 is 0. The van der Waals surface area contributed by atoms with Gasteiger partial charge in [-0.3, -0.25) is 0 Å². The zero-order valence-corrected chi connectivity index (χ0v) is 11.8. The highest BCUT2D eigenvalue weighted by Gasteiger charge is 2.13. The molecule has 1 unspecified atom stereocenters. The predicted octanol–water partition coefficient (Wildman–Crippen LogP) is 4.37. The maximum atomic E-state index is 12.2. The van der Waals surface area contributed by atoms with E-state index in [9.17, 15) is 8.78 Å². The lowest BCUT2D eigenvalue weighted by atomic mass is 9.97. The number of hydrogen-bond donors (Lipinski definition) is 1. The number of ether oxygens (including phenoxy) is 1. The third-order valence-electron chi connectivity index (χ3n) is 2.97. The molecule has 19 heavy (non-hydrogen) atoms. The molecule has 1 atom stereocenters. The average Bonchev–Trinajstić information content (AvgIpc) is 2.33. The fraction of sp³-hybridized carbons (Fsp3) is 0.600. The molecule has 1 aromatic carbocycles. The molecule has 0 aliphatic heterocycles. The minimum atomic E-state index is -2.77. The van der Waals surface area contributed by atoms with Crippen LogP contribution in [0.5, 0.6) is 5.75 Å². The van der Waals surface area contributed by atoms with Gasteiger partial charge in [0.05, 0.1) is 0 Å². The van der Waals surface area contributed by atoms with E-state index in [4.69, 9.17) is 0 Å². The van der Waals surface area contributed by atoms with Crippen LogP contribution in [0.25, 0.3) is 0 Å². The van der Waals surface area contributed by atoms with Crippen molar-refractivity contribution < 1.29 is 13.5 Å². The van der Waals surface area contributed by atoms with Crippen LogP contribution in [0.2, 0.25) is 0 Å². The molecule has 1 aromatic rings. The topological polar surface area (TPSA) is 21.3 Å². The molecular weight excluding hydrogens is 248 g/mol. The van der Waals surface area contributed by atoms with Gasteiger partial charge in [0, 0.05) is 6.04 Å². The van der Waals surface area contributed by atoms with E-state index in [0.717, 1.165) is 24.9 Å². The van der Waals surface area contributed by atoms with E-state index < -0.39 is 6.61 Å². The summed E-state index contributed by atoms with van der Waals surface area (Å²) in [4.78, 5) is 0. The number of hydrogen-bond acceptors (Lipinski definition) is 2. The number of benzene rings is 1. The standard InChI is InChI=1S/C15H23F2NO/c1-4-18-14(9-8-11(2)3)12-6-5-7-13(10-12)19-15(16)17/h5-7,10-11,14-15,18H,4,8-9H2,1-3H3. The largest absolute Gasteiger partial charge is 0.435 e. The van der Waals surface area contributed by atoms with Crippen molar-refractivity contribution in [1.82, 2.24) is 5.32 Å². The van der Waals surface area contributed by atoms with Crippen LogP contribution in [0.4, 0.5) is 8.78 Å². The van der Waals surface area contributed by atoms with E-state index in [0.29, 0.717) is 5.92 Å². The van der Waals surface area contributed by atoms with E-state index >= 15 is 0 Å². The van der Waals surface area contributed by atoms with E-state index in [1.165, 1.54) is 0 Å². The summed E-state index contributed by atoms with van der Waals surface area (Å²) in [5.74, 6) is 0.849. The lowest BCUT2D eigenvalue weighted by molar-refractivity contribution is -0.0499.